The molecule has 0 heterocycles. The van der Waals surface area contributed by atoms with Crippen LogP contribution < -0.4 is 0 Å². The van der Waals surface area contributed by atoms with Gasteiger partial charge in [0.05, 0.1) is 0 Å². The van der Waals surface area contributed by atoms with Crippen molar-refractivity contribution in [1.82, 2.24) is 0 Å². The summed E-state index contributed by atoms with van der Waals surface area (Å²) in [6, 6.07) is 8.71. The third kappa shape index (κ3) is 5.22. The van der Waals surface area contributed by atoms with Gasteiger partial charge in [0.25, 0.3) is 0 Å². The molecule has 1 nitrogen and oxygen atoms in total. The van der Waals surface area contributed by atoms with Gasteiger partial charge in [-0.15, -0.1) is 17.0 Å². The summed E-state index contributed by atoms with van der Waals surface area (Å²) >= 11 is 0. The van der Waals surface area contributed by atoms with Gasteiger partial charge in [0.15, 0.2) is 0 Å². The van der Waals surface area contributed by atoms with E-state index >= 15 is 0 Å². The maximum Gasteiger partial charge on any atom is 2.00 e. The Kier molecular flexibility index (Phi) is 9.50. The Morgan fingerprint density at radius 1 is 1.11 bits per heavy atom. The standard InChI is InChI=1S/C6H6O.BrH.Ca.2H/c7-6-4-2-1-3-5-6;;;;/h1-5,7H;1H;;;/q;;+2;2*-1. The van der Waals surface area contributed by atoms with Crippen LogP contribution in [0.4, 0.5) is 0 Å². The summed E-state index contributed by atoms with van der Waals surface area (Å²) in [5, 5.41) is 8.63. The maximum absolute atomic E-state index is 8.63. The second kappa shape index (κ2) is 6.87. The van der Waals surface area contributed by atoms with E-state index in [0.717, 1.165) is 0 Å². The van der Waals surface area contributed by atoms with Gasteiger partial charge in [-0.2, -0.15) is 0 Å². The Balaban J connectivity index is -0.0000000612. The van der Waals surface area contributed by atoms with Gasteiger partial charge in [0, 0.05) is 0 Å². The molecule has 3 heteroatoms. The molecule has 0 atom stereocenters. The Bertz CT molecular complexity index is 151. The number of para-hydroxylation sites is 1. The number of phenols is 1. The van der Waals surface area contributed by atoms with E-state index < -0.39 is 0 Å². The zero-order valence-electron chi connectivity index (χ0n) is 6.95. The average molecular weight is 217 g/mol. The van der Waals surface area contributed by atoms with Gasteiger partial charge in [0.2, 0.25) is 0 Å². The predicted octanol–water partition coefficient (Wildman–Crippen LogP) is 1.81. The van der Waals surface area contributed by atoms with Gasteiger partial charge < -0.3 is 7.96 Å². The Morgan fingerprint density at radius 3 is 1.78 bits per heavy atom. The van der Waals surface area contributed by atoms with Gasteiger partial charge in [-0.1, -0.05) is 18.2 Å². The number of rotatable bonds is 0. The summed E-state index contributed by atoms with van der Waals surface area (Å²) in [6.07, 6.45) is 0. The van der Waals surface area contributed by atoms with Crippen LogP contribution in [0, 0.1) is 0 Å². The fourth-order valence-corrected chi connectivity index (χ4v) is 0.428. The summed E-state index contributed by atoms with van der Waals surface area (Å²) in [6.45, 7) is 0. The fourth-order valence-electron chi connectivity index (χ4n) is 0.428. The molecule has 0 radical (unpaired) electrons. The molecular formula is C6H9BrCaO. The van der Waals surface area contributed by atoms with Crippen LogP contribution in [0.25, 0.3) is 0 Å². The molecule has 0 aliphatic heterocycles. The van der Waals surface area contributed by atoms with E-state index in [1.807, 2.05) is 6.07 Å². The molecule has 48 valence electrons. The van der Waals surface area contributed by atoms with Crippen LogP contribution in [-0.4, -0.2) is 42.8 Å². The monoisotopic (exact) mass is 216 g/mol. The van der Waals surface area contributed by atoms with Crippen LogP contribution in [0.2, 0.25) is 0 Å². The molecule has 0 fully saturated rings. The Labute approximate surface area is 97.8 Å². The van der Waals surface area contributed by atoms with Gasteiger partial charge in [-0.05, 0) is 12.1 Å². The molecule has 0 saturated heterocycles. The first-order valence-corrected chi connectivity index (χ1v) is 2.13. The third-order valence-electron chi connectivity index (χ3n) is 0.756. The van der Waals surface area contributed by atoms with Crippen LogP contribution in [0.1, 0.15) is 2.85 Å². The molecule has 0 aliphatic rings. The van der Waals surface area contributed by atoms with E-state index in [2.05, 4.69) is 0 Å². The molecule has 9 heavy (non-hydrogen) atoms. The van der Waals surface area contributed by atoms with E-state index in [0.29, 0.717) is 5.75 Å². The van der Waals surface area contributed by atoms with Gasteiger partial charge in [-0.3, -0.25) is 0 Å². The van der Waals surface area contributed by atoms with Crippen molar-refractivity contribution in [2.24, 2.45) is 0 Å². The van der Waals surface area contributed by atoms with Gasteiger partial charge >= 0.3 is 37.7 Å². The van der Waals surface area contributed by atoms with Crippen molar-refractivity contribution < 1.29 is 7.96 Å². The fraction of sp³-hybridized carbons (Fsp3) is 0. The summed E-state index contributed by atoms with van der Waals surface area (Å²) in [5.41, 5.74) is 0. The number of hydrogen-bond donors (Lipinski definition) is 1. The van der Waals surface area contributed by atoms with Gasteiger partial charge in [-0.25, -0.2) is 0 Å². The Hall–Kier alpha value is 0.760. The van der Waals surface area contributed by atoms with Crippen molar-refractivity contribution in [1.29, 1.82) is 0 Å². The molecule has 0 saturated carbocycles. The quantitative estimate of drug-likeness (QED) is 0.657. The van der Waals surface area contributed by atoms with E-state index in [9.17, 15) is 0 Å². The van der Waals surface area contributed by atoms with Crippen molar-refractivity contribution in [2.45, 2.75) is 0 Å². The molecule has 1 aromatic rings. The Morgan fingerprint density at radius 2 is 1.56 bits per heavy atom. The first kappa shape index (κ1) is 12.4. The van der Waals surface area contributed by atoms with Crippen LogP contribution in [-0.2, 0) is 0 Å². The molecule has 0 spiro atoms. The van der Waals surface area contributed by atoms with Crippen molar-refractivity contribution in [2.75, 3.05) is 0 Å². The summed E-state index contributed by atoms with van der Waals surface area (Å²) in [7, 11) is 0. The minimum atomic E-state index is 0. The number of aromatic hydroxyl groups is 1. The minimum absolute atomic E-state index is 0. The number of hydrogen-bond acceptors (Lipinski definition) is 1. The normalized spacial score (nSPS) is 6.67. The smallest absolute Gasteiger partial charge is 1.00 e. The van der Waals surface area contributed by atoms with Crippen LogP contribution in [0.15, 0.2) is 30.3 Å². The van der Waals surface area contributed by atoms with Crippen molar-refractivity contribution >= 4 is 54.7 Å². The summed E-state index contributed by atoms with van der Waals surface area (Å²) in [5.74, 6) is 0.322. The SMILES string of the molecule is Br.Oc1ccccc1.[Ca+2].[H-].[H-]. The first-order chi connectivity index (χ1) is 3.39. The molecule has 0 bridgehead atoms. The average Bonchev–Trinajstić information content (AvgIpc) is 1.69. The molecular weight excluding hydrogens is 208 g/mol. The van der Waals surface area contributed by atoms with E-state index in [4.69, 9.17) is 5.11 Å². The molecule has 1 rings (SSSR count). The minimum Gasteiger partial charge on any atom is -1.00 e. The van der Waals surface area contributed by atoms with Gasteiger partial charge in [0.1, 0.15) is 5.75 Å². The molecule has 1 N–H and O–H groups in total. The van der Waals surface area contributed by atoms with Crippen molar-refractivity contribution in [3.8, 4) is 5.75 Å². The van der Waals surface area contributed by atoms with Crippen LogP contribution >= 0.6 is 17.0 Å². The second-order valence-corrected chi connectivity index (χ2v) is 1.34. The number of phenolic OH excluding ortho intramolecular Hbond substituents is 1. The summed E-state index contributed by atoms with van der Waals surface area (Å²) in [4.78, 5) is 0. The molecule has 0 aromatic heterocycles. The van der Waals surface area contributed by atoms with Crippen molar-refractivity contribution in [3.63, 3.8) is 0 Å². The number of halogens is 1. The van der Waals surface area contributed by atoms with E-state index in [-0.39, 0.29) is 57.6 Å². The second-order valence-electron chi connectivity index (χ2n) is 1.34. The third-order valence-corrected chi connectivity index (χ3v) is 0.756. The predicted molar refractivity (Wildman–Crippen MR) is 46.4 cm³/mol. The van der Waals surface area contributed by atoms with Crippen molar-refractivity contribution in [3.05, 3.63) is 30.3 Å². The molecule has 0 amide bonds. The molecule has 0 aliphatic carbocycles. The van der Waals surface area contributed by atoms with E-state index in [1.54, 1.807) is 24.3 Å². The first-order valence-electron chi connectivity index (χ1n) is 2.13. The van der Waals surface area contributed by atoms with Crippen LogP contribution in [0.5, 0.6) is 5.75 Å². The molecule has 1 aromatic carbocycles. The summed E-state index contributed by atoms with van der Waals surface area (Å²) < 4.78 is 0. The van der Waals surface area contributed by atoms with Crippen LogP contribution in [0.3, 0.4) is 0 Å². The topological polar surface area (TPSA) is 20.2 Å². The maximum atomic E-state index is 8.63. The largest absolute Gasteiger partial charge is 2.00 e. The molecule has 0 unspecified atom stereocenters. The zero-order valence-corrected chi connectivity index (χ0v) is 8.87. The number of benzene rings is 1. The van der Waals surface area contributed by atoms with E-state index in [1.165, 1.54) is 0 Å². The zero-order chi connectivity index (χ0) is 5.11.